The van der Waals surface area contributed by atoms with Crippen LogP contribution in [0.15, 0.2) is 12.2 Å². The van der Waals surface area contributed by atoms with Crippen molar-refractivity contribution in [3.8, 4) is 0 Å². The molecule has 2 heterocycles. The second kappa shape index (κ2) is 52.1. The summed E-state index contributed by atoms with van der Waals surface area (Å²) >= 11 is 0. The molecule has 0 aromatic rings. The van der Waals surface area contributed by atoms with Crippen molar-refractivity contribution in [3.05, 3.63) is 12.2 Å². The van der Waals surface area contributed by atoms with E-state index in [-0.39, 0.29) is 18.9 Å². The van der Waals surface area contributed by atoms with E-state index in [4.69, 9.17) is 18.9 Å². The molecule has 80 heavy (non-hydrogen) atoms. The summed E-state index contributed by atoms with van der Waals surface area (Å²) in [4.78, 5) is 13.3. The van der Waals surface area contributed by atoms with Crippen LogP contribution in [0.4, 0.5) is 0 Å². The van der Waals surface area contributed by atoms with E-state index in [1.54, 1.807) is 6.08 Å². The summed E-state index contributed by atoms with van der Waals surface area (Å²) in [5.41, 5.74) is 0. The molecule has 0 aromatic carbocycles. The van der Waals surface area contributed by atoms with Gasteiger partial charge in [-0.05, 0) is 19.3 Å². The lowest BCUT2D eigenvalue weighted by Crippen LogP contribution is -2.65. The van der Waals surface area contributed by atoms with E-state index in [9.17, 15) is 45.6 Å². The average molecular weight is 1140 g/mol. The highest BCUT2D eigenvalue weighted by molar-refractivity contribution is 5.76. The molecule has 474 valence electrons. The molecular formula is C66H127NO13. The van der Waals surface area contributed by atoms with Crippen molar-refractivity contribution in [3.63, 3.8) is 0 Å². The topological polar surface area (TPSA) is 228 Å². The maximum Gasteiger partial charge on any atom is 0.220 e. The molecule has 14 nitrogen and oxygen atoms in total. The number of amides is 1. The number of rotatable bonds is 56. The SMILES string of the molecule is CCCCCCCCCCCCCCCCCCCCCCCCCCCCCCC/C=C/C(O)C(COC1OC(CO)C(OC2OC(CO)C(O)C(O)C2O)C(O)C1O)NC(=O)CCCCCCCCCCCCCCCCC. The van der Waals surface area contributed by atoms with E-state index in [1.165, 1.54) is 244 Å². The summed E-state index contributed by atoms with van der Waals surface area (Å²) in [6, 6.07) is -0.910. The minimum atomic E-state index is -1.79. The first-order valence-electron chi connectivity index (χ1n) is 33.9. The number of allylic oxidation sites excluding steroid dienone is 1. The van der Waals surface area contributed by atoms with Gasteiger partial charge in [-0.3, -0.25) is 4.79 Å². The number of carbonyl (C=O) groups is 1. The van der Waals surface area contributed by atoms with Gasteiger partial charge in [0.15, 0.2) is 12.6 Å². The van der Waals surface area contributed by atoms with Crippen LogP contribution in [0.25, 0.3) is 0 Å². The van der Waals surface area contributed by atoms with Gasteiger partial charge in [0.05, 0.1) is 32.0 Å². The molecule has 2 aliphatic heterocycles. The first-order chi connectivity index (χ1) is 39.1. The van der Waals surface area contributed by atoms with Gasteiger partial charge in [0.1, 0.15) is 48.8 Å². The van der Waals surface area contributed by atoms with Crippen LogP contribution in [0.5, 0.6) is 0 Å². The Bertz CT molecular complexity index is 1390. The molecule has 2 rings (SSSR count). The number of carbonyl (C=O) groups excluding carboxylic acids is 1. The van der Waals surface area contributed by atoms with Crippen molar-refractivity contribution < 1.29 is 64.6 Å². The van der Waals surface area contributed by atoms with Crippen LogP contribution in [-0.2, 0) is 23.7 Å². The number of aliphatic hydroxyl groups is 8. The normalized spacial score (nSPS) is 24.2. The molecule has 2 saturated heterocycles. The van der Waals surface area contributed by atoms with Gasteiger partial charge in [-0.25, -0.2) is 0 Å². The van der Waals surface area contributed by atoms with Gasteiger partial charge in [0.25, 0.3) is 0 Å². The Balaban J connectivity index is 1.65. The third-order valence-electron chi connectivity index (χ3n) is 17.0. The van der Waals surface area contributed by atoms with Gasteiger partial charge >= 0.3 is 0 Å². The largest absolute Gasteiger partial charge is 0.394 e. The standard InChI is InChI=1S/C66H127NO13/c1-3-5-7-9-11-13-15-17-19-20-21-22-23-24-25-26-27-28-29-30-31-32-33-34-36-37-39-41-43-45-47-49-55(70)54(67-58(71)50-48-46-44-42-40-38-35-18-16-14-12-10-8-6-4-2)53-77-65-63(76)61(74)64(57(52-69)79-65)80-66-62(75)60(73)59(72)56(51-68)78-66/h47,49,54-57,59-66,68-70,72-76H,3-46,48,50-53H2,1-2H3,(H,67,71)/b49-47+. The van der Waals surface area contributed by atoms with E-state index in [0.717, 1.165) is 38.5 Å². The predicted molar refractivity (Wildman–Crippen MR) is 323 cm³/mol. The number of nitrogens with one attached hydrogen (secondary N) is 1. The Labute approximate surface area is 488 Å². The maximum atomic E-state index is 13.3. The zero-order valence-electron chi connectivity index (χ0n) is 51.4. The fraction of sp³-hybridized carbons (Fsp3) is 0.955. The first kappa shape index (κ1) is 74.8. The summed E-state index contributed by atoms with van der Waals surface area (Å²) in [6.07, 6.45) is 45.6. The molecule has 2 aliphatic rings. The zero-order chi connectivity index (χ0) is 58.1. The van der Waals surface area contributed by atoms with E-state index in [0.29, 0.717) is 6.42 Å². The Kier molecular flexibility index (Phi) is 48.7. The lowest BCUT2D eigenvalue weighted by Gasteiger charge is -2.46. The molecule has 14 heteroatoms. The summed E-state index contributed by atoms with van der Waals surface area (Å²) in [5, 5.41) is 87.3. The van der Waals surface area contributed by atoms with Crippen LogP contribution in [-0.4, -0.2) is 140 Å². The van der Waals surface area contributed by atoms with Crippen molar-refractivity contribution in [2.24, 2.45) is 0 Å². The molecule has 0 aromatic heterocycles. The maximum absolute atomic E-state index is 13.3. The molecule has 0 aliphatic carbocycles. The molecule has 12 unspecified atom stereocenters. The number of hydrogen-bond donors (Lipinski definition) is 9. The summed E-state index contributed by atoms with van der Waals surface area (Å²) < 4.78 is 22.8. The third-order valence-corrected chi connectivity index (χ3v) is 17.0. The Morgan fingerprint density at radius 1 is 0.438 bits per heavy atom. The van der Waals surface area contributed by atoms with Gasteiger partial charge < -0.3 is 65.1 Å². The third kappa shape index (κ3) is 36.5. The van der Waals surface area contributed by atoms with Crippen molar-refractivity contribution in [2.45, 2.75) is 383 Å². The first-order valence-corrected chi connectivity index (χ1v) is 33.9. The highest BCUT2D eigenvalue weighted by Crippen LogP contribution is 2.30. The summed E-state index contributed by atoms with van der Waals surface area (Å²) in [7, 11) is 0. The predicted octanol–water partition coefficient (Wildman–Crippen LogP) is 13.0. The number of unbranched alkanes of at least 4 members (excludes halogenated alkanes) is 43. The highest BCUT2D eigenvalue weighted by atomic mass is 16.7. The van der Waals surface area contributed by atoms with Crippen molar-refractivity contribution in [1.82, 2.24) is 5.32 Å². The molecular weight excluding hydrogens is 1010 g/mol. The number of ether oxygens (including phenoxy) is 4. The summed E-state index contributed by atoms with van der Waals surface area (Å²) in [6.45, 7) is 2.84. The average Bonchev–Trinajstić information content (AvgIpc) is 3.46. The van der Waals surface area contributed by atoms with E-state index < -0.39 is 86.8 Å². The van der Waals surface area contributed by atoms with Gasteiger partial charge in [-0.2, -0.15) is 0 Å². The minimum Gasteiger partial charge on any atom is -0.394 e. The van der Waals surface area contributed by atoms with E-state index in [1.807, 2.05) is 6.08 Å². The van der Waals surface area contributed by atoms with Gasteiger partial charge in [-0.15, -0.1) is 0 Å². The molecule has 0 radical (unpaired) electrons. The summed E-state index contributed by atoms with van der Waals surface area (Å²) in [5.74, 6) is -0.233. The lowest BCUT2D eigenvalue weighted by molar-refractivity contribution is -0.359. The van der Waals surface area contributed by atoms with Crippen molar-refractivity contribution in [1.29, 1.82) is 0 Å². The van der Waals surface area contributed by atoms with Crippen LogP contribution >= 0.6 is 0 Å². The second-order valence-corrected chi connectivity index (χ2v) is 24.3. The smallest absolute Gasteiger partial charge is 0.220 e. The van der Waals surface area contributed by atoms with Crippen molar-refractivity contribution >= 4 is 5.91 Å². The number of aliphatic hydroxyl groups excluding tert-OH is 8. The second-order valence-electron chi connectivity index (χ2n) is 24.3. The van der Waals surface area contributed by atoms with Crippen LogP contribution in [0.1, 0.15) is 309 Å². The van der Waals surface area contributed by atoms with Crippen LogP contribution in [0, 0.1) is 0 Å². The van der Waals surface area contributed by atoms with E-state index >= 15 is 0 Å². The van der Waals surface area contributed by atoms with E-state index in [2.05, 4.69) is 19.2 Å². The molecule has 9 N–H and O–H groups in total. The Morgan fingerprint density at radius 3 is 1.15 bits per heavy atom. The minimum absolute atomic E-state index is 0.233. The fourth-order valence-electron chi connectivity index (χ4n) is 11.5. The highest BCUT2D eigenvalue weighted by Gasteiger charge is 2.51. The molecule has 1 amide bonds. The fourth-order valence-corrected chi connectivity index (χ4v) is 11.5. The van der Waals surface area contributed by atoms with Gasteiger partial charge in [-0.1, -0.05) is 296 Å². The molecule has 12 atom stereocenters. The molecule has 0 bridgehead atoms. The Morgan fingerprint density at radius 2 is 0.775 bits per heavy atom. The molecule has 0 saturated carbocycles. The van der Waals surface area contributed by atoms with Gasteiger partial charge in [0.2, 0.25) is 5.91 Å². The van der Waals surface area contributed by atoms with Crippen LogP contribution in [0.2, 0.25) is 0 Å². The number of hydrogen-bond acceptors (Lipinski definition) is 13. The molecule has 0 spiro atoms. The zero-order valence-corrected chi connectivity index (χ0v) is 51.4. The monoisotopic (exact) mass is 1140 g/mol. The van der Waals surface area contributed by atoms with Crippen LogP contribution < -0.4 is 5.32 Å². The lowest BCUT2D eigenvalue weighted by atomic mass is 9.97. The van der Waals surface area contributed by atoms with Gasteiger partial charge in [0, 0.05) is 6.42 Å². The molecule has 2 fully saturated rings. The quantitative estimate of drug-likeness (QED) is 0.0204. The van der Waals surface area contributed by atoms with Crippen molar-refractivity contribution in [2.75, 3.05) is 19.8 Å². The van der Waals surface area contributed by atoms with Crippen LogP contribution in [0.3, 0.4) is 0 Å². The Hall–Kier alpha value is -1.27.